The topological polar surface area (TPSA) is 3.24 Å². The summed E-state index contributed by atoms with van der Waals surface area (Å²) in [6.07, 6.45) is 4.39. The zero-order valence-corrected chi connectivity index (χ0v) is 12.9. The van der Waals surface area contributed by atoms with Crippen LogP contribution < -0.4 is 4.90 Å². The van der Waals surface area contributed by atoms with Crippen LogP contribution >= 0.6 is 0 Å². The van der Waals surface area contributed by atoms with Crippen molar-refractivity contribution >= 4 is 11.8 Å². The molecule has 0 aliphatic rings. The van der Waals surface area contributed by atoms with Crippen molar-refractivity contribution in [2.24, 2.45) is 0 Å². The van der Waals surface area contributed by atoms with E-state index in [-0.39, 0.29) is 0 Å². The molecule has 0 unspecified atom stereocenters. The quantitative estimate of drug-likeness (QED) is 0.770. The summed E-state index contributed by atoms with van der Waals surface area (Å²) < 4.78 is 0. The van der Waals surface area contributed by atoms with Crippen molar-refractivity contribution in [3.05, 3.63) is 70.8 Å². The molecule has 104 valence electrons. The number of likely N-dealkylation sites (N-methyl/N-ethyl adjacent to an activating group) is 1. The predicted octanol–water partition coefficient (Wildman–Crippen LogP) is 4.76. The summed E-state index contributed by atoms with van der Waals surface area (Å²) in [5.41, 5.74) is 6.49. The van der Waals surface area contributed by atoms with E-state index >= 15 is 0 Å². The van der Waals surface area contributed by atoms with Gasteiger partial charge in [0.2, 0.25) is 0 Å². The molecule has 0 amide bonds. The van der Waals surface area contributed by atoms with E-state index in [2.05, 4.69) is 87.3 Å². The molecule has 0 fully saturated rings. The Labute approximate surface area is 122 Å². The first kappa shape index (κ1) is 14.4. The molecule has 20 heavy (non-hydrogen) atoms. The first-order chi connectivity index (χ1) is 9.56. The Hall–Kier alpha value is -2.02. The molecule has 0 saturated carbocycles. The molecule has 2 rings (SSSR count). The smallest absolute Gasteiger partial charge is 0.0396 e. The number of rotatable bonds is 4. The molecule has 0 spiro atoms. The molecule has 0 aromatic heterocycles. The summed E-state index contributed by atoms with van der Waals surface area (Å²) in [5.74, 6) is 0. The third-order valence-corrected chi connectivity index (χ3v) is 3.53. The fourth-order valence-corrected chi connectivity index (χ4v) is 2.36. The first-order valence-electron chi connectivity index (χ1n) is 7.08. The van der Waals surface area contributed by atoms with Gasteiger partial charge in [-0.3, -0.25) is 0 Å². The maximum absolute atomic E-state index is 2.28. The third kappa shape index (κ3) is 3.74. The minimum atomic E-state index is 0.914. The Morgan fingerprint density at radius 1 is 0.900 bits per heavy atom. The first-order valence-corrected chi connectivity index (χ1v) is 7.08. The lowest BCUT2D eigenvalue weighted by molar-refractivity contribution is 1.02. The minimum Gasteiger partial charge on any atom is -0.371 e. The van der Waals surface area contributed by atoms with Crippen LogP contribution in [0.2, 0.25) is 0 Å². The van der Waals surface area contributed by atoms with E-state index in [4.69, 9.17) is 0 Å². The highest BCUT2D eigenvalue weighted by Crippen LogP contribution is 2.19. The number of benzene rings is 2. The number of hydrogen-bond donors (Lipinski definition) is 0. The van der Waals surface area contributed by atoms with Gasteiger partial charge in [-0.05, 0) is 38.0 Å². The number of nitrogens with zero attached hydrogens (tertiary/aromatic N) is 1. The van der Waals surface area contributed by atoms with Crippen LogP contribution in [0.5, 0.6) is 0 Å². The predicted molar refractivity (Wildman–Crippen MR) is 89.4 cm³/mol. The van der Waals surface area contributed by atoms with E-state index in [9.17, 15) is 0 Å². The number of hydrogen-bond acceptors (Lipinski definition) is 1. The number of aryl methyl sites for hydroxylation is 3. The van der Waals surface area contributed by atoms with Gasteiger partial charge in [-0.2, -0.15) is 0 Å². The monoisotopic (exact) mass is 265 g/mol. The van der Waals surface area contributed by atoms with Gasteiger partial charge in [-0.1, -0.05) is 59.7 Å². The molecular weight excluding hydrogens is 242 g/mol. The fourth-order valence-electron chi connectivity index (χ4n) is 2.36. The van der Waals surface area contributed by atoms with Crippen LogP contribution in [0.3, 0.4) is 0 Å². The molecule has 0 bridgehead atoms. The van der Waals surface area contributed by atoms with Crippen LogP contribution in [0.15, 0.2) is 48.5 Å². The van der Waals surface area contributed by atoms with E-state index in [1.165, 1.54) is 27.9 Å². The van der Waals surface area contributed by atoms with E-state index < -0.39 is 0 Å². The second-order valence-electron chi connectivity index (χ2n) is 5.48. The van der Waals surface area contributed by atoms with E-state index in [1.54, 1.807) is 0 Å². The van der Waals surface area contributed by atoms with Crippen LogP contribution in [0.25, 0.3) is 6.08 Å². The lowest BCUT2D eigenvalue weighted by Crippen LogP contribution is -2.17. The maximum Gasteiger partial charge on any atom is 0.0396 e. The van der Waals surface area contributed by atoms with Crippen molar-refractivity contribution < 1.29 is 0 Å². The van der Waals surface area contributed by atoms with Crippen molar-refractivity contribution in [2.75, 3.05) is 18.5 Å². The van der Waals surface area contributed by atoms with Crippen molar-refractivity contribution in [3.8, 4) is 0 Å². The Balaban J connectivity index is 2.01. The van der Waals surface area contributed by atoms with E-state index in [0.717, 1.165) is 6.54 Å². The largest absolute Gasteiger partial charge is 0.371 e. The highest BCUT2D eigenvalue weighted by molar-refractivity contribution is 5.56. The molecule has 1 nitrogen and oxygen atoms in total. The molecule has 2 aromatic rings. The molecule has 0 N–H and O–H groups in total. The van der Waals surface area contributed by atoms with Crippen molar-refractivity contribution in [2.45, 2.75) is 20.8 Å². The third-order valence-electron chi connectivity index (χ3n) is 3.53. The molecule has 0 saturated heterocycles. The Morgan fingerprint density at radius 3 is 2.20 bits per heavy atom. The zero-order valence-electron chi connectivity index (χ0n) is 12.9. The van der Waals surface area contributed by atoms with Gasteiger partial charge in [0.25, 0.3) is 0 Å². The van der Waals surface area contributed by atoms with Gasteiger partial charge in [0.05, 0.1) is 0 Å². The molecule has 2 aromatic carbocycles. The van der Waals surface area contributed by atoms with Crippen molar-refractivity contribution in [3.63, 3.8) is 0 Å². The van der Waals surface area contributed by atoms with Gasteiger partial charge in [-0.15, -0.1) is 0 Å². The average Bonchev–Trinajstić information content (AvgIpc) is 2.41. The average molecular weight is 265 g/mol. The zero-order chi connectivity index (χ0) is 14.5. The second-order valence-corrected chi connectivity index (χ2v) is 5.48. The lowest BCUT2D eigenvalue weighted by atomic mass is 10.1. The Bertz CT molecular complexity index is 594. The molecule has 0 radical (unpaired) electrons. The molecule has 0 aliphatic heterocycles. The van der Waals surface area contributed by atoms with Crippen LogP contribution in [0.4, 0.5) is 5.69 Å². The summed E-state index contributed by atoms with van der Waals surface area (Å²) in [4.78, 5) is 2.28. The van der Waals surface area contributed by atoms with Gasteiger partial charge in [0.15, 0.2) is 0 Å². The standard InChI is InChI=1S/C19H23N/c1-15-7-10-18(11-8-15)6-5-13-20(4)19-12-9-16(2)14-17(19)3/h5-12,14H,13H2,1-4H3/b6-5+. The van der Waals surface area contributed by atoms with Crippen LogP contribution in [0, 0.1) is 20.8 Å². The summed E-state index contributed by atoms with van der Waals surface area (Å²) in [7, 11) is 2.14. The van der Waals surface area contributed by atoms with Crippen molar-refractivity contribution in [1.29, 1.82) is 0 Å². The van der Waals surface area contributed by atoms with Gasteiger partial charge < -0.3 is 4.90 Å². The SMILES string of the molecule is Cc1ccc(/C=C/CN(C)c2ccc(C)cc2C)cc1. The fraction of sp³-hybridized carbons (Fsp3) is 0.263. The van der Waals surface area contributed by atoms with E-state index in [1.807, 2.05) is 0 Å². The van der Waals surface area contributed by atoms with E-state index in [0.29, 0.717) is 0 Å². The molecule has 0 aliphatic carbocycles. The number of anilines is 1. The van der Waals surface area contributed by atoms with Gasteiger partial charge in [-0.25, -0.2) is 0 Å². The molecule has 1 heteroatoms. The van der Waals surface area contributed by atoms with Gasteiger partial charge in [0, 0.05) is 19.3 Å². The molecule has 0 atom stereocenters. The summed E-state index contributed by atoms with van der Waals surface area (Å²) in [6.45, 7) is 7.33. The summed E-state index contributed by atoms with van der Waals surface area (Å²) >= 11 is 0. The van der Waals surface area contributed by atoms with Crippen LogP contribution in [-0.2, 0) is 0 Å². The summed E-state index contributed by atoms with van der Waals surface area (Å²) in [5, 5.41) is 0. The summed E-state index contributed by atoms with van der Waals surface area (Å²) in [6, 6.07) is 15.2. The lowest BCUT2D eigenvalue weighted by Gasteiger charge is -2.20. The van der Waals surface area contributed by atoms with Crippen molar-refractivity contribution in [1.82, 2.24) is 0 Å². The van der Waals surface area contributed by atoms with Crippen LogP contribution in [0.1, 0.15) is 22.3 Å². The maximum atomic E-state index is 2.28. The Morgan fingerprint density at radius 2 is 1.55 bits per heavy atom. The Kier molecular flexibility index (Phi) is 4.62. The highest BCUT2D eigenvalue weighted by Gasteiger charge is 2.02. The molecule has 0 heterocycles. The minimum absolute atomic E-state index is 0.914. The normalized spacial score (nSPS) is 11.0. The van der Waals surface area contributed by atoms with Gasteiger partial charge in [0.1, 0.15) is 0 Å². The van der Waals surface area contributed by atoms with Gasteiger partial charge >= 0.3 is 0 Å². The van der Waals surface area contributed by atoms with Crippen LogP contribution in [-0.4, -0.2) is 13.6 Å². The molecular formula is C19H23N. The second kappa shape index (κ2) is 6.42. The highest BCUT2D eigenvalue weighted by atomic mass is 15.1.